The fourth-order valence-corrected chi connectivity index (χ4v) is 2.05. The molecule has 134 valence electrons. The smallest absolute Gasteiger partial charge is 0.416 e. The number of rotatable bonds is 5. The van der Waals surface area contributed by atoms with Crippen molar-refractivity contribution in [3.05, 3.63) is 42.0 Å². The number of anilines is 1. The van der Waals surface area contributed by atoms with Gasteiger partial charge in [-0.1, -0.05) is 12.1 Å². The molecule has 0 aliphatic heterocycles. The lowest BCUT2D eigenvalue weighted by molar-refractivity contribution is -0.137. The molecule has 1 amide bonds. The first kappa shape index (κ1) is 18.6. The molecule has 25 heavy (non-hydrogen) atoms. The summed E-state index contributed by atoms with van der Waals surface area (Å²) in [5, 5.41) is 0. The predicted molar refractivity (Wildman–Crippen MR) is 88.3 cm³/mol. The summed E-state index contributed by atoms with van der Waals surface area (Å²) < 4.78 is 44.8. The highest BCUT2D eigenvalue weighted by Gasteiger charge is 2.32. The van der Waals surface area contributed by atoms with Crippen molar-refractivity contribution in [1.29, 1.82) is 0 Å². The molecule has 5 nitrogen and oxygen atoms in total. The maximum atomic E-state index is 13.1. The van der Waals surface area contributed by atoms with Crippen molar-refractivity contribution in [3.63, 3.8) is 0 Å². The molecule has 0 fully saturated rings. The number of hydrogen-bond acceptors (Lipinski definition) is 4. The molecule has 0 radical (unpaired) electrons. The van der Waals surface area contributed by atoms with Crippen molar-refractivity contribution < 1.29 is 22.7 Å². The number of ether oxygens (including phenoxy) is 1. The summed E-state index contributed by atoms with van der Waals surface area (Å²) in [6, 6.07) is 8.28. The van der Waals surface area contributed by atoms with E-state index in [4.69, 9.17) is 10.5 Å². The van der Waals surface area contributed by atoms with Gasteiger partial charge in [0.2, 0.25) is 0 Å². The Bertz CT molecular complexity index is 776. The molecule has 0 saturated carbocycles. The number of carbonyl (C=O) groups is 1. The molecule has 1 heterocycles. The largest absolute Gasteiger partial charge is 0.481 e. The lowest BCUT2D eigenvalue weighted by Crippen LogP contribution is -2.30. The van der Waals surface area contributed by atoms with E-state index in [-0.39, 0.29) is 11.5 Å². The lowest BCUT2D eigenvalue weighted by atomic mass is 10.1. The van der Waals surface area contributed by atoms with E-state index in [0.29, 0.717) is 11.3 Å². The number of nitrogens with two attached hydrogens (primary N) is 1. The maximum absolute atomic E-state index is 13.1. The Hall–Kier alpha value is -2.77. The van der Waals surface area contributed by atoms with Gasteiger partial charge in [-0.15, -0.1) is 0 Å². The summed E-state index contributed by atoms with van der Waals surface area (Å²) in [5.74, 6) is -0.145. The topological polar surface area (TPSA) is 68.4 Å². The summed E-state index contributed by atoms with van der Waals surface area (Å²) >= 11 is 0. The van der Waals surface area contributed by atoms with Crippen molar-refractivity contribution in [3.8, 4) is 17.0 Å². The quantitative estimate of drug-likeness (QED) is 0.897. The van der Waals surface area contributed by atoms with E-state index >= 15 is 0 Å². The summed E-state index contributed by atoms with van der Waals surface area (Å²) in [6.07, 6.45) is -5.35. The molecule has 2 N–H and O–H groups in total. The molecule has 0 aliphatic rings. The average molecular weight is 353 g/mol. The van der Waals surface area contributed by atoms with Gasteiger partial charge in [-0.2, -0.15) is 13.2 Å². The highest BCUT2D eigenvalue weighted by Crippen LogP contribution is 2.34. The van der Waals surface area contributed by atoms with Crippen LogP contribution in [0.25, 0.3) is 11.3 Å². The first-order chi connectivity index (χ1) is 11.6. The third-order valence-corrected chi connectivity index (χ3v) is 3.44. The number of primary amides is 1. The van der Waals surface area contributed by atoms with E-state index in [1.54, 1.807) is 32.3 Å². The summed E-state index contributed by atoms with van der Waals surface area (Å²) in [4.78, 5) is 16.8. The zero-order valence-electron chi connectivity index (χ0n) is 14.0. The molecule has 8 heteroatoms. The van der Waals surface area contributed by atoms with Crippen LogP contribution in [0.15, 0.2) is 36.4 Å². The number of hydrogen-bond donors (Lipinski definition) is 1. The van der Waals surface area contributed by atoms with E-state index in [2.05, 4.69) is 4.98 Å². The monoisotopic (exact) mass is 353 g/mol. The van der Waals surface area contributed by atoms with Crippen LogP contribution in [0.2, 0.25) is 0 Å². The SMILES string of the molecule is C[C@@H](Oc1cccc(-c2cc(C(F)(F)F)cc(N(C)C)n2)c1)C(N)=O. The average Bonchev–Trinajstić information content (AvgIpc) is 2.53. The van der Waals surface area contributed by atoms with Crippen molar-refractivity contribution in [2.75, 3.05) is 19.0 Å². The normalized spacial score (nSPS) is 12.6. The number of halogens is 3. The van der Waals surface area contributed by atoms with Gasteiger partial charge in [0.05, 0.1) is 11.3 Å². The molecule has 0 saturated heterocycles. The van der Waals surface area contributed by atoms with Crippen molar-refractivity contribution in [2.45, 2.75) is 19.2 Å². The summed E-state index contributed by atoms with van der Waals surface area (Å²) in [6.45, 7) is 1.49. The maximum Gasteiger partial charge on any atom is 0.416 e. The molecular weight excluding hydrogens is 335 g/mol. The second kappa shape index (κ2) is 7.00. The minimum absolute atomic E-state index is 0.149. The Morgan fingerprint density at radius 1 is 1.24 bits per heavy atom. The number of alkyl halides is 3. The fraction of sp³-hybridized carbons (Fsp3) is 0.294. The van der Waals surface area contributed by atoms with Gasteiger partial charge in [0.1, 0.15) is 11.6 Å². The van der Waals surface area contributed by atoms with Gasteiger partial charge in [-0.25, -0.2) is 4.98 Å². The Balaban J connectivity index is 2.47. The Kier molecular flexibility index (Phi) is 5.20. The predicted octanol–water partition coefficient (Wildman–Crippen LogP) is 3.09. The zero-order valence-corrected chi connectivity index (χ0v) is 14.0. The van der Waals surface area contributed by atoms with E-state index in [1.165, 1.54) is 17.9 Å². The minimum Gasteiger partial charge on any atom is -0.481 e. The molecule has 0 aliphatic carbocycles. The van der Waals surface area contributed by atoms with E-state index in [0.717, 1.165) is 12.1 Å². The Labute approximate surface area is 143 Å². The highest BCUT2D eigenvalue weighted by molar-refractivity contribution is 5.78. The number of carbonyl (C=O) groups excluding carboxylic acids is 1. The van der Waals surface area contributed by atoms with Crippen LogP contribution < -0.4 is 15.4 Å². The zero-order chi connectivity index (χ0) is 18.8. The van der Waals surface area contributed by atoms with Crippen LogP contribution in [0.1, 0.15) is 12.5 Å². The van der Waals surface area contributed by atoms with E-state index in [9.17, 15) is 18.0 Å². The molecule has 0 spiro atoms. The van der Waals surface area contributed by atoms with Crippen LogP contribution in [0, 0.1) is 0 Å². The van der Waals surface area contributed by atoms with Crippen LogP contribution in [0.5, 0.6) is 5.75 Å². The Morgan fingerprint density at radius 3 is 2.48 bits per heavy atom. The number of pyridine rings is 1. The van der Waals surface area contributed by atoms with Crippen LogP contribution in [0.4, 0.5) is 19.0 Å². The van der Waals surface area contributed by atoms with Gasteiger partial charge >= 0.3 is 6.18 Å². The molecule has 0 unspecified atom stereocenters. The van der Waals surface area contributed by atoms with Gasteiger partial charge in [0.25, 0.3) is 5.91 Å². The van der Waals surface area contributed by atoms with Crippen molar-refractivity contribution in [1.82, 2.24) is 4.98 Å². The van der Waals surface area contributed by atoms with Gasteiger partial charge in [0, 0.05) is 19.7 Å². The molecule has 2 rings (SSSR count). The second-order valence-corrected chi connectivity index (χ2v) is 5.68. The van der Waals surface area contributed by atoms with E-state index < -0.39 is 23.8 Å². The van der Waals surface area contributed by atoms with Crippen LogP contribution in [0.3, 0.4) is 0 Å². The first-order valence-electron chi connectivity index (χ1n) is 7.41. The van der Waals surface area contributed by atoms with Crippen molar-refractivity contribution >= 4 is 11.7 Å². The van der Waals surface area contributed by atoms with Gasteiger partial charge < -0.3 is 15.4 Å². The molecule has 1 atom stereocenters. The number of aromatic nitrogens is 1. The van der Waals surface area contributed by atoms with Crippen molar-refractivity contribution in [2.24, 2.45) is 5.73 Å². The first-order valence-corrected chi connectivity index (χ1v) is 7.41. The number of benzene rings is 1. The van der Waals surface area contributed by atoms with Crippen LogP contribution in [-0.2, 0) is 11.0 Å². The number of amides is 1. The van der Waals surface area contributed by atoms with Crippen LogP contribution >= 0.6 is 0 Å². The van der Waals surface area contributed by atoms with E-state index in [1.807, 2.05) is 0 Å². The highest BCUT2D eigenvalue weighted by atomic mass is 19.4. The summed E-state index contributed by atoms with van der Waals surface area (Å²) in [7, 11) is 3.22. The van der Waals surface area contributed by atoms with Gasteiger partial charge in [0.15, 0.2) is 6.10 Å². The third kappa shape index (κ3) is 4.62. The second-order valence-electron chi connectivity index (χ2n) is 5.68. The molecule has 0 bridgehead atoms. The standard InChI is InChI=1S/C17H18F3N3O2/c1-10(16(21)24)25-13-6-4-5-11(7-13)14-8-12(17(18,19)20)9-15(22-14)23(2)3/h4-10H,1-3H3,(H2,21,24)/t10-/m1/s1. The van der Waals surface area contributed by atoms with Crippen LogP contribution in [-0.4, -0.2) is 31.1 Å². The Morgan fingerprint density at radius 2 is 1.92 bits per heavy atom. The molecule has 1 aromatic heterocycles. The lowest BCUT2D eigenvalue weighted by Gasteiger charge is -2.17. The number of nitrogens with zero attached hydrogens (tertiary/aromatic N) is 2. The molecule has 2 aromatic rings. The van der Waals surface area contributed by atoms with Gasteiger partial charge in [-0.05, 0) is 31.2 Å². The third-order valence-electron chi connectivity index (χ3n) is 3.44. The molecule has 1 aromatic carbocycles. The molecular formula is C17H18F3N3O2. The fourth-order valence-electron chi connectivity index (χ4n) is 2.05. The minimum atomic E-state index is -4.49. The summed E-state index contributed by atoms with van der Waals surface area (Å²) in [5.41, 5.74) is 4.94. The van der Waals surface area contributed by atoms with Gasteiger partial charge in [-0.3, -0.25) is 4.79 Å².